The summed E-state index contributed by atoms with van der Waals surface area (Å²) in [5, 5.41) is 0.956. The molecule has 1 aliphatic heterocycles. The first kappa shape index (κ1) is 26.4. The number of rotatable bonds is 7. The average Bonchev–Trinajstić information content (AvgIpc) is 2.81. The molecule has 2 heterocycles. The molecule has 0 saturated carbocycles. The monoisotopic (exact) mass is 587 g/mol. The molecule has 2 aromatic carbocycles. The number of anilines is 2. The van der Waals surface area contributed by atoms with Gasteiger partial charge in [-0.1, -0.05) is 28.1 Å². The van der Waals surface area contributed by atoms with Crippen LogP contribution in [0.2, 0.25) is 0 Å². The summed E-state index contributed by atoms with van der Waals surface area (Å²) in [4.78, 5) is 12.9. The SMILES string of the molecule is CN(C)c1nc(N2CCC(CNS(=O)(=O)c3ccc(Br)cc3OC(F)(F)F)CC2)nc2ccccc12. The van der Waals surface area contributed by atoms with Crippen molar-refractivity contribution in [2.45, 2.75) is 24.1 Å². The number of nitrogens with one attached hydrogen (secondary N) is 1. The van der Waals surface area contributed by atoms with Crippen LogP contribution >= 0.6 is 15.9 Å². The number of ether oxygens (including phenoxy) is 1. The molecule has 0 radical (unpaired) electrons. The van der Waals surface area contributed by atoms with Gasteiger partial charge in [0, 0.05) is 43.6 Å². The second kappa shape index (κ2) is 10.4. The van der Waals surface area contributed by atoms with E-state index in [4.69, 9.17) is 9.97 Å². The Morgan fingerprint density at radius 3 is 2.50 bits per heavy atom. The minimum Gasteiger partial charge on any atom is -0.404 e. The Balaban J connectivity index is 1.42. The van der Waals surface area contributed by atoms with Gasteiger partial charge in [-0.3, -0.25) is 0 Å². The van der Waals surface area contributed by atoms with E-state index in [2.05, 4.69) is 30.3 Å². The number of sulfonamides is 1. The third kappa shape index (κ3) is 6.19. The van der Waals surface area contributed by atoms with E-state index >= 15 is 0 Å². The number of alkyl halides is 3. The van der Waals surface area contributed by atoms with Crippen LogP contribution in [-0.2, 0) is 10.0 Å². The second-order valence-electron chi connectivity index (χ2n) is 8.68. The summed E-state index contributed by atoms with van der Waals surface area (Å²) < 4.78 is 70.6. The average molecular weight is 588 g/mol. The van der Waals surface area contributed by atoms with Crippen molar-refractivity contribution in [2.75, 3.05) is 43.5 Å². The normalized spacial score (nSPS) is 15.3. The summed E-state index contributed by atoms with van der Waals surface area (Å²) in [6.07, 6.45) is -3.68. The Kier molecular flexibility index (Phi) is 7.62. The molecule has 1 aliphatic rings. The van der Waals surface area contributed by atoms with Gasteiger partial charge < -0.3 is 14.5 Å². The van der Waals surface area contributed by atoms with Gasteiger partial charge in [0.2, 0.25) is 16.0 Å². The quantitative estimate of drug-likeness (QED) is 0.434. The summed E-state index contributed by atoms with van der Waals surface area (Å²) >= 11 is 3.04. The van der Waals surface area contributed by atoms with Gasteiger partial charge in [0.25, 0.3) is 0 Å². The molecule has 0 aliphatic carbocycles. The van der Waals surface area contributed by atoms with Crippen LogP contribution in [0.4, 0.5) is 24.9 Å². The summed E-state index contributed by atoms with van der Waals surface area (Å²) in [5.41, 5.74) is 0.840. The third-order valence-corrected chi connectivity index (χ3v) is 7.83. The second-order valence-corrected chi connectivity index (χ2v) is 11.3. The van der Waals surface area contributed by atoms with Gasteiger partial charge in [0.15, 0.2) is 5.75 Å². The highest BCUT2D eigenvalue weighted by atomic mass is 79.9. The Hall–Kier alpha value is -2.64. The number of halogens is 4. The molecule has 4 rings (SSSR count). The van der Waals surface area contributed by atoms with Crippen LogP contribution < -0.4 is 19.3 Å². The summed E-state index contributed by atoms with van der Waals surface area (Å²) in [6, 6.07) is 11.2. The van der Waals surface area contributed by atoms with E-state index in [1.165, 1.54) is 6.07 Å². The van der Waals surface area contributed by atoms with Crippen LogP contribution in [0.5, 0.6) is 5.75 Å². The van der Waals surface area contributed by atoms with Crippen molar-refractivity contribution in [3.8, 4) is 5.75 Å². The number of fused-ring (bicyclic) bond motifs is 1. The minimum atomic E-state index is -5.02. The number of piperidine rings is 1. The molecule has 0 bridgehead atoms. The maximum Gasteiger partial charge on any atom is 0.573 e. The van der Waals surface area contributed by atoms with E-state index in [9.17, 15) is 21.6 Å². The maximum atomic E-state index is 12.8. The fourth-order valence-electron chi connectivity index (χ4n) is 4.08. The zero-order valence-corrected chi connectivity index (χ0v) is 22.0. The van der Waals surface area contributed by atoms with Gasteiger partial charge in [-0.2, -0.15) is 4.98 Å². The lowest BCUT2D eigenvalue weighted by Gasteiger charge is -2.32. The van der Waals surface area contributed by atoms with Crippen molar-refractivity contribution in [1.29, 1.82) is 0 Å². The zero-order valence-electron chi connectivity index (χ0n) is 19.6. The molecule has 36 heavy (non-hydrogen) atoms. The Morgan fingerprint density at radius 1 is 1.14 bits per heavy atom. The fraction of sp³-hybridized carbons (Fsp3) is 0.391. The van der Waals surface area contributed by atoms with Gasteiger partial charge >= 0.3 is 6.36 Å². The van der Waals surface area contributed by atoms with Gasteiger partial charge in [0.05, 0.1) is 5.52 Å². The van der Waals surface area contributed by atoms with Gasteiger partial charge in [-0.15, -0.1) is 13.2 Å². The molecule has 194 valence electrons. The first-order chi connectivity index (χ1) is 16.9. The van der Waals surface area contributed by atoms with Crippen LogP contribution in [-0.4, -0.2) is 58.5 Å². The number of para-hydroxylation sites is 1. The highest BCUT2D eigenvalue weighted by molar-refractivity contribution is 9.10. The molecular formula is C23H25BrF3N5O3S. The smallest absolute Gasteiger partial charge is 0.404 e. The predicted molar refractivity (Wildman–Crippen MR) is 135 cm³/mol. The van der Waals surface area contributed by atoms with Crippen LogP contribution in [0.3, 0.4) is 0 Å². The van der Waals surface area contributed by atoms with Crippen LogP contribution in [0.1, 0.15) is 12.8 Å². The number of nitrogens with zero attached hydrogens (tertiary/aromatic N) is 4. The topological polar surface area (TPSA) is 87.7 Å². The number of aromatic nitrogens is 2. The first-order valence-electron chi connectivity index (χ1n) is 11.2. The molecule has 0 unspecified atom stereocenters. The Morgan fingerprint density at radius 2 is 1.83 bits per heavy atom. The molecule has 13 heteroatoms. The van der Waals surface area contributed by atoms with E-state index in [0.29, 0.717) is 31.9 Å². The molecule has 0 spiro atoms. The van der Waals surface area contributed by atoms with Crippen molar-refractivity contribution in [2.24, 2.45) is 5.92 Å². The molecule has 8 nitrogen and oxygen atoms in total. The standard InChI is InChI=1S/C23H25BrF3N5O3S/c1-31(2)21-17-5-3-4-6-18(17)29-22(30-21)32-11-9-15(10-12-32)14-28-36(33,34)20-8-7-16(24)13-19(20)35-23(25,26)27/h3-8,13,15,28H,9-12,14H2,1-2H3. The fourth-order valence-corrected chi connectivity index (χ4v) is 5.64. The van der Waals surface area contributed by atoms with E-state index in [1.807, 2.05) is 43.3 Å². The van der Waals surface area contributed by atoms with Crippen LogP contribution in [0, 0.1) is 5.92 Å². The maximum absolute atomic E-state index is 12.8. The van der Waals surface area contributed by atoms with E-state index < -0.39 is 27.0 Å². The number of hydrogen-bond donors (Lipinski definition) is 1. The van der Waals surface area contributed by atoms with Crippen molar-refractivity contribution < 1.29 is 26.3 Å². The van der Waals surface area contributed by atoms with Gasteiger partial charge in [-0.25, -0.2) is 18.1 Å². The Labute approximate surface area is 215 Å². The lowest BCUT2D eigenvalue weighted by atomic mass is 9.97. The van der Waals surface area contributed by atoms with Gasteiger partial charge in [-0.05, 0) is 49.1 Å². The zero-order chi connectivity index (χ0) is 26.1. The van der Waals surface area contributed by atoms with Gasteiger partial charge in [0.1, 0.15) is 10.7 Å². The lowest BCUT2D eigenvalue weighted by Crippen LogP contribution is -2.39. The molecule has 0 amide bonds. The van der Waals surface area contributed by atoms with E-state index in [1.54, 1.807) is 0 Å². The molecule has 3 aromatic rings. The summed E-state index contributed by atoms with van der Waals surface area (Å²) in [5.74, 6) is 0.647. The highest BCUT2D eigenvalue weighted by Gasteiger charge is 2.34. The van der Waals surface area contributed by atoms with Crippen molar-refractivity contribution in [1.82, 2.24) is 14.7 Å². The minimum absolute atomic E-state index is 0.00670. The Bertz CT molecular complexity index is 1350. The van der Waals surface area contributed by atoms with E-state index in [-0.39, 0.29) is 16.9 Å². The van der Waals surface area contributed by atoms with E-state index in [0.717, 1.165) is 28.9 Å². The lowest BCUT2D eigenvalue weighted by molar-refractivity contribution is -0.275. The number of benzene rings is 2. The molecule has 1 N–H and O–H groups in total. The van der Waals surface area contributed by atoms with Crippen molar-refractivity contribution in [3.05, 3.63) is 46.9 Å². The van der Waals surface area contributed by atoms with Crippen molar-refractivity contribution in [3.63, 3.8) is 0 Å². The predicted octanol–water partition coefficient (Wildman–Crippen LogP) is 4.55. The molecular weight excluding hydrogens is 563 g/mol. The third-order valence-electron chi connectivity index (χ3n) is 5.88. The van der Waals surface area contributed by atoms with Crippen LogP contribution in [0.15, 0.2) is 51.8 Å². The molecule has 1 saturated heterocycles. The summed E-state index contributed by atoms with van der Waals surface area (Å²) in [7, 11) is -0.376. The largest absolute Gasteiger partial charge is 0.573 e. The molecule has 0 atom stereocenters. The molecule has 1 fully saturated rings. The molecule has 1 aromatic heterocycles. The summed E-state index contributed by atoms with van der Waals surface area (Å²) in [6.45, 7) is 1.34. The number of hydrogen-bond acceptors (Lipinski definition) is 7. The highest BCUT2D eigenvalue weighted by Crippen LogP contribution is 2.33. The van der Waals surface area contributed by atoms with Crippen LogP contribution in [0.25, 0.3) is 10.9 Å². The first-order valence-corrected chi connectivity index (χ1v) is 13.4. The van der Waals surface area contributed by atoms with Crippen molar-refractivity contribution >= 4 is 48.6 Å².